The van der Waals surface area contributed by atoms with Crippen molar-refractivity contribution in [3.05, 3.63) is 95.6 Å². The van der Waals surface area contributed by atoms with Crippen LogP contribution in [0.4, 0.5) is 5.69 Å². The van der Waals surface area contributed by atoms with E-state index in [9.17, 15) is 13.2 Å². The second-order valence-electron chi connectivity index (χ2n) is 7.42. The number of hydrogen-bond acceptors (Lipinski definition) is 5. The lowest BCUT2D eigenvalue weighted by Crippen LogP contribution is -2.29. The molecule has 0 fully saturated rings. The number of ether oxygens (including phenoxy) is 1. The zero-order valence-electron chi connectivity index (χ0n) is 18.6. The number of rotatable bonds is 10. The molecule has 3 aromatic carbocycles. The van der Waals surface area contributed by atoms with Crippen LogP contribution in [0.25, 0.3) is 0 Å². The van der Waals surface area contributed by atoms with Crippen LogP contribution in [0.1, 0.15) is 34.8 Å². The Labute approximate surface area is 194 Å². The van der Waals surface area contributed by atoms with E-state index in [0.717, 1.165) is 23.3 Å². The van der Waals surface area contributed by atoms with E-state index in [1.807, 2.05) is 37.3 Å². The first kappa shape index (κ1) is 24.0. The van der Waals surface area contributed by atoms with Gasteiger partial charge in [0.2, 0.25) is 10.0 Å². The van der Waals surface area contributed by atoms with Crippen LogP contribution in [-0.4, -0.2) is 33.4 Å². The second kappa shape index (κ2) is 11.3. The molecule has 172 valence electrons. The summed E-state index contributed by atoms with van der Waals surface area (Å²) in [6.45, 7) is 2.88. The Morgan fingerprint density at radius 2 is 1.67 bits per heavy atom. The number of hydrogen-bond donors (Lipinski definition) is 1. The molecule has 0 heterocycles. The van der Waals surface area contributed by atoms with E-state index in [0.29, 0.717) is 17.9 Å². The van der Waals surface area contributed by atoms with Gasteiger partial charge in [-0.15, -0.1) is 0 Å². The molecule has 3 aromatic rings. The Balaban J connectivity index is 1.60. The van der Waals surface area contributed by atoms with Crippen molar-refractivity contribution in [2.75, 3.05) is 17.2 Å². The van der Waals surface area contributed by atoms with Crippen molar-refractivity contribution in [2.24, 2.45) is 5.10 Å². The maximum atomic E-state index is 12.4. The zero-order valence-corrected chi connectivity index (χ0v) is 19.5. The molecule has 3 rings (SSSR count). The molecule has 0 aliphatic carbocycles. The molecule has 0 saturated heterocycles. The molecule has 7 nitrogen and oxygen atoms in total. The molecule has 0 aromatic heterocycles. The number of carbonyl (C=O) groups is 1. The smallest absolute Gasteiger partial charge is 0.271 e. The van der Waals surface area contributed by atoms with Crippen molar-refractivity contribution in [3.8, 4) is 5.75 Å². The topological polar surface area (TPSA) is 88.1 Å². The number of sulfonamides is 1. The number of hydrazone groups is 1. The summed E-state index contributed by atoms with van der Waals surface area (Å²) in [5.41, 5.74) is 5.09. The number of nitrogens with one attached hydrogen (secondary N) is 1. The average Bonchev–Trinajstić information content (AvgIpc) is 2.82. The van der Waals surface area contributed by atoms with Gasteiger partial charge in [0.25, 0.3) is 5.91 Å². The minimum atomic E-state index is -3.46. The van der Waals surface area contributed by atoms with Crippen molar-refractivity contribution in [1.82, 2.24) is 5.43 Å². The van der Waals surface area contributed by atoms with Gasteiger partial charge in [-0.25, -0.2) is 13.8 Å². The Morgan fingerprint density at radius 1 is 1.00 bits per heavy atom. The molecule has 0 atom stereocenters. The molecular weight excluding hydrogens is 438 g/mol. The number of nitrogens with zero attached hydrogens (tertiary/aromatic N) is 2. The van der Waals surface area contributed by atoms with Crippen LogP contribution in [0.2, 0.25) is 0 Å². The van der Waals surface area contributed by atoms with Crippen LogP contribution >= 0.6 is 0 Å². The Bertz CT molecular complexity index is 1180. The number of anilines is 1. The van der Waals surface area contributed by atoms with Gasteiger partial charge in [0, 0.05) is 5.56 Å². The van der Waals surface area contributed by atoms with Crippen LogP contribution in [0.5, 0.6) is 5.75 Å². The van der Waals surface area contributed by atoms with Crippen LogP contribution < -0.4 is 14.5 Å². The van der Waals surface area contributed by atoms with Gasteiger partial charge >= 0.3 is 0 Å². The van der Waals surface area contributed by atoms with Crippen molar-refractivity contribution < 1.29 is 17.9 Å². The third kappa shape index (κ3) is 7.18. The highest BCUT2D eigenvalue weighted by molar-refractivity contribution is 7.92. The van der Waals surface area contributed by atoms with E-state index < -0.39 is 10.0 Å². The third-order valence-corrected chi connectivity index (χ3v) is 5.86. The van der Waals surface area contributed by atoms with Crippen molar-refractivity contribution >= 4 is 27.8 Å². The fourth-order valence-corrected chi connectivity index (χ4v) is 3.91. The molecule has 0 aliphatic rings. The summed E-state index contributed by atoms with van der Waals surface area (Å²) in [7, 11) is -3.46. The molecular formula is C25H27N3O4S. The van der Waals surface area contributed by atoms with Gasteiger partial charge in [0.1, 0.15) is 5.75 Å². The number of amides is 1. The van der Waals surface area contributed by atoms with Gasteiger partial charge in [0.05, 0.1) is 31.3 Å². The van der Waals surface area contributed by atoms with Gasteiger partial charge in [-0.2, -0.15) is 5.10 Å². The van der Waals surface area contributed by atoms with Crippen LogP contribution in [-0.2, 0) is 16.6 Å². The largest absolute Gasteiger partial charge is 0.494 e. The third-order valence-electron chi connectivity index (χ3n) is 4.72. The van der Waals surface area contributed by atoms with Gasteiger partial charge in [-0.05, 0) is 66.1 Å². The minimum absolute atomic E-state index is 0.168. The van der Waals surface area contributed by atoms with E-state index in [2.05, 4.69) is 10.5 Å². The molecule has 0 unspecified atom stereocenters. The summed E-state index contributed by atoms with van der Waals surface area (Å²) in [5, 5.41) is 4.00. The average molecular weight is 466 g/mol. The van der Waals surface area contributed by atoms with E-state index >= 15 is 0 Å². The van der Waals surface area contributed by atoms with Crippen LogP contribution in [0.15, 0.2) is 84.0 Å². The SMILES string of the molecule is CCCOc1ccc(/C=N\NC(=O)c2ccc(CN(c3ccccc3)S(C)(=O)=O)cc2)cc1. The predicted molar refractivity (Wildman–Crippen MR) is 131 cm³/mol. The predicted octanol–water partition coefficient (Wildman–Crippen LogP) is 4.21. The first-order chi connectivity index (χ1) is 15.9. The normalized spacial score (nSPS) is 11.3. The quantitative estimate of drug-likeness (QED) is 0.359. The Hall–Kier alpha value is -3.65. The molecule has 33 heavy (non-hydrogen) atoms. The molecule has 0 radical (unpaired) electrons. The van der Waals surface area contributed by atoms with Crippen molar-refractivity contribution in [2.45, 2.75) is 19.9 Å². The van der Waals surface area contributed by atoms with Gasteiger partial charge in [-0.3, -0.25) is 9.10 Å². The summed E-state index contributed by atoms with van der Waals surface area (Å²) in [6, 6.07) is 23.1. The van der Waals surface area contributed by atoms with Gasteiger partial charge in [0.15, 0.2) is 0 Å². The van der Waals surface area contributed by atoms with Crippen LogP contribution in [0, 0.1) is 0 Å². The van der Waals surface area contributed by atoms with Crippen molar-refractivity contribution in [3.63, 3.8) is 0 Å². The highest BCUT2D eigenvalue weighted by Gasteiger charge is 2.17. The molecule has 8 heteroatoms. The lowest BCUT2D eigenvalue weighted by atomic mass is 10.1. The highest BCUT2D eigenvalue weighted by Crippen LogP contribution is 2.20. The lowest BCUT2D eigenvalue weighted by molar-refractivity contribution is 0.0955. The summed E-state index contributed by atoms with van der Waals surface area (Å²) in [5.74, 6) is 0.434. The lowest BCUT2D eigenvalue weighted by Gasteiger charge is -2.22. The first-order valence-corrected chi connectivity index (χ1v) is 12.4. The Morgan fingerprint density at radius 3 is 2.27 bits per heavy atom. The molecule has 0 spiro atoms. The van der Waals surface area contributed by atoms with E-state index in [4.69, 9.17) is 4.74 Å². The molecule has 0 aliphatic heterocycles. The molecule has 1 N–H and O–H groups in total. The highest BCUT2D eigenvalue weighted by atomic mass is 32.2. The molecule has 0 saturated carbocycles. The molecule has 1 amide bonds. The van der Waals surface area contributed by atoms with E-state index in [1.54, 1.807) is 54.7 Å². The number of benzene rings is 3. The summed E-state index contributed by atoms with van der Waals surface area (Å²) < 4.78 is 31.4. The van der Waals surface area contributed by atoms with Gasteiger partial charge < -0.3 is 4.74 Å². The monoisotopic (exact) mass is 465 g/mol. The maximum Gasteiger partial charge on any atom is 0.271 e. The first-order valence-electron chi connectivity index (χ1n) is 10.5. The zero-order chi connectivity index (χ0) is 23.7. The fourth-order valence-electron chi connectivity index (χ4n) is 3.02. The maximum absolute atomic E-state index is 12.4. The van der Waals surface area contributed by atoms with Crippen LogP contribution in [0.3, 0.4) is 0 Å². The number of carbonyl (C=O) groups excluding carboxylic acids is 1. The van der Waals surface area contributed by atoms with Gasteiger partial charge in [-0.1, -0.05) is 37.3 Å². The minimum Gasteiger partial charge on any atom is -0.494 e. The van der Waals surface area contributed by atoms with E-state index in [-0.39, 0.29) is 12.5 Å². The summed E-state index contributed by atoms with van der Waals surface area (Å²) >= 11 is 0. The second-order valence-corrected chi connectivity index (χ2v) is 9.33. The summed E-state index contributed by atoms with van der Waals surface area (Å²) in [4.78, 5) is 12.4. The standard InChI is InChI=1S/C25H27N3O4S/c1-3-17-32-24-15-11-20(12-16-24)18-26-27-25(29)22-13-9-21(10-14-22)19-28(33(2,30)31)23-7-5-4-6-8-23/h4-16,18H,3,17,19H2,1-2H3,(H,27,29)/b26-18-. The van der Waals surface area contributed by atoms with Crippen molar-refractivity contribution in [1.29, 1.82) is 0 Å². The summed E-state index contributed by atoms with van der Waals surface area (Å²) in [6.07, 6.45) is 3.67. The number of para-hydroxylation sites is 1. The fraction of sp³-hybridized carbons (Fsp3) is 0.200. The molecule has 0 bridgehead atoms. The van der Waals surface area contributed by atoms with E-state index in [1.165, 1.54) is 10.6 Å². The Kier molecular flexibility index (Phi) is 8.21.